The SMILES string of the molecule is CC(=O)OCC1CCC(n2nnc3c([N+](=O)[O-])nn(CO)c3c2=O)O1. The molecule has 0 aliphatic carbocycles. The van der Waals surface area contributed by atoms with Gasteiger partial charge in [-0.15, -0.1) is 9.78 Å². The maximum atomic E-state index is 12.6. The predicted molar refractivity (Wildman–Crippen MR) is 78.2 cm³/mol. The zero-order valence-corrected chi connectivity index (χ0v) is 13.1. The molecule has 3 rings (SSSR count). The van der Waals surface area contributed by atoms with Gasteiger partial charge in [0.25, 0.3) is 0 Å². The van der Waals surface area contributed by atoms with Gasteiger partial charge in [0.1, 0.15) is 6.61 Å². The summed E-state index contributed by atoms with van der Waals surface area (Å²) >= 11 is 0. The molecular formula is C12H14N6O7. The molecule has 1 aliphatic rings. The summed E-state index contributed by atoms with van der Waals surface area (Å²) < 4.78 is 12.2. The van der Waals surface area contributed by atoms with Crippen molar-refractivity contribution in [2.24, 2.45) is 0 Å². The number of hydrogen-bond acceptors (Lipinski definition) is 10. The van der Waals surface area contributed by atoms with E-state index >= 15 is 0 Å². The van der Waals surface area contributed by atoms with Crippen molar-refractivity contribution < 1.29 is 24.3 Å². The van der Waals surface area contributed by atoms with Crippen molar-refractivity contribution in [1.82, 2.24) is 24.8 Å². The number of aromatic nitrogens is 5. The number of aliphatic hydroxyl groups is 1. The van der Waals surface area contributed by atoms with E-state index in [1.54, 1.807) is 0 Å². The molecule has 0 radical (unpaired) electrons. The second kappa shape index (κ2) is 6.52. The lowest BCUT2D eigenvalue weighted by atomic mass is 10.2. The van der Waals surface area contributed by atoms with Gasteiger partial charge in [0.2, 0.25) is 5.52 Å². The molecule has 1 fully saturated rings. The van der Waals surface area contributed by atoms with Crippen molar-refractivity contribution in [2.45, 2.75) is 38.8 Å². The zero-order valence-electron chi connectivity index (χ0n) is 13.1. The Hall–Kier alpha value is -2.93. The fourth-order valence-corrected chi connectivity index (χ4v) is 2.60. The molecule has 0 bridgehead atoms. The highest BCUT2D eigenvalue weighted by molar-refractivity contribution is 5.81. The number of nitrogens with zero attached hydrogens (tertiary/aromatic N) is 6. The van der Waals surface area contributed by atoms with Crippen LogP contribution in [-0.4, -0.2) is 53.5 Å². The Labute approximate surface area is 138 Å². The van der Waals surface area contributed by atoms with E-state index in [0.717, 1.165) is 9.36 Å². The highest BCUT2D eigenvalue weighted by Gasteiger charge is 2.32. The maximum Gasteiger partial charge on any atom is 0.418 e. The molecule has 2 unspecified atom stereocenters. The van der Waals surface area contributed by atoms with Crippen LogP contribution in [0.1, 0.15) is 26.0 Å². The summed E-state index contributed by atoms with van der Waals surface area (Å²) in [6, 6.07) is 0. The minimum Gasteiger partial charge on any atom is -0.463 e. The van der Waals surface area contributed by atoms with E-state index < -0.39 is 41.3 Å². The van der Waals surface area contributed by atoms with E-state index in [4.69, 9.17) is 9.47 Å². The first kappa shape index (κ1) is 16.9. The number of ether oxygens (including phenoxy) is 2. The van der Waals surface area contributed by atoms with Crippen LogP contribution in [0.2, 0.25) is 0 Å². The van der Waals surface area contributed by atoms with Crippen LogP contribution in [0.3, 0.4) is 0 Å². The fourth-order valence-electron chi connectivity index (χ4n) is 2.60. The fraction of sp³-hybridized carbons (Fsp3) is 0.583. The standard InChI is InChI=1S/C12H14N6O7/c1-6(20)24-4-7-2-3-8(25-7)17-12(21)10-9(13-15-17)11(18(22)23)14-16(10)5-19/h7-8,19H,2-5H2,1H3. The molecule has 2 aromatic heterocycles. The average Bonchev–Trinajstić information content (AvgIpc) is 3.17. The minimum absolute atomic E-state index is 0.0519. The number of fused-ring (bicyclic) bond motifs is 1. The van der Waals surface area contributed by atoms with Gasteiger partial charge in [-0.1, -0.05) is 5.21 Å². The molecule has 0 spiro atoms. The molecule has 134 valence electrons. The first-order chi connectivity index (χ1) is 11.9. The van der Waals surface area contributed by atoms with E-state index in [9.17, 15) is 24.8 Å². The van der Waals surface area contributed by atoms with Crippen molar-refractivity contribution in [3.05, 3.63) is 20.5 Å². The van der Waals surface area contributed by atoms with Crippen molar-refractivity contribution in [2.75, 3.05) is 6.61 Å². The topological polar surface area (TPSA) is 164 Å². The molecule has 3 heterocycles. The molecule has 25 heavy (non-hydrogen) atoms. The number of carbonyl (C=O) groups is 1. The Morgan fingerprint density at radius 1 is 1.52 bits per heavy atom. The Kier molecular flexibility index (Phi) is 4.41. The predicted octanol–water partition coefficient (Wildman–Crippen LogP) is -0.913. The number of esters is 1. The van der Waals surface area contributed by atoms with Crippen LogP contribution in [0.5, 0.6) is 0 Å². The van der Waals surface area contributed by atoms with Crippen LogP contribution >= 0.6 is 0 Å². The van der Waals surface area contributed by atoms with Gasteiger partial charge in [-0.25, -0.2) is 0 Å². The summed E-state index contributed by atoms with van der Waals surface area (Å²) in [5.74, 6) is -1.11. The molecule has 2 aromatic rings. The second-order valence-corrected chi connectivity index (χ2v) is 5.35. The van der Waals surface area contributed by atoms with Crippen molar-refractivity contribution in [1.29, 1.82) is 0 Å². The zero-order chi connectivity index (χ0) is 18.1. The third-order valence-corrected chi connectivity index (χ3v) is 3.70. The average molecular weight is 354 g/mol. The van der Waals surface area contributed by atoms with Crippen LogP contribution in [0, 0.1) is 10.1 Å². The summed E-state index contributed by atoms with van der Waals surface area (Å²) in [5.41, 5.74) is -1.27. The Balaban J connectivity index is 1.94. The van der Waals surface area contributed by atoms with Gasteiger partial charge < -0.3 is 24.7 Å². The number of hydrogen-bond donors (Lipinski definition) is 1. The van der Waals surface area contributed by atoms with Crippen molar-refractivity contribution in [3.63, 3.8) is 0 Å². The van der Waals surface area contributed by atoms with Crippen LogP contribution in [0.15, 0.2) is 4.79 Å². The number of aliphatic hydroxyl groups excluding tert-OH is 1. The first-order valence-electron chi connectivity index (χ1n) is 7.32. The number of rotatable bonds is 5. The minimum atomic E-state index is -0.811. The number of carbonyl (C=O) groups excluding carboxylic acids is 1. The molecule has 13 heteroatoms. The van der Waals surface area contributed by atoms with Crippen LogP contribution < -0.4 is 5.56 Å². The second-order valence-electron chi connectivity index (χ2n) is 5.35. The molecule has 1 saturated heterocycles. The molecule has 13 nitrogen and oxygen atoms in total. The third kappa shape index (κ3) is 3.06. The van der Waals surface area contributed by atoms with Gasteiger partial charge in [-0.3, -0.25) is 9.59 Å². The highest BCUT2D eigenvalue weighted by atomic mass is 16.6. The van der Waals surface area contributed by atoms with Gasteiger partial charge >= 0.3 is 17.3 Å². The Morgan fingerprint density at radius 2 is 2.28 bits per heavy atom. The van der Waals surface area contributed by atoms with Gasteiger partial charge in [0.15, 0.2) is 18.5 Å². The van der Waals surface area contributed by atoms with Crippen LogP contribution in [0.25, 0.3) is 11.0 Å². The van der Waals surface area contributed by atoms with Gasteiger partial charge in [-0.05, 0) is 17.8 Å². The first-order valence-corrected chi connectivity index (χ1v) is 7.32. The van der Waals surface area contributed by atoms with E-state index in [0.29, 0.717) is 12.8 Å². The molecule has 1 N–H and O–H groups in total. The highest BCUT2D eigenvalue weighted by Crippen LogP contribution is 2.27. The Bertz CT molecular complexity index is 890. The van der Waals surface area contributed by atoms with Gasteiger partial charge in [-0.2, -0.15) is 4.68 Å². The summed E-state index contributed by atoms with van der Waals surface area (Å²) in [7, 11) is 0. The lowest BCUT2D eigenvalue weighted by Gasteiger charge is -2.14. The molecular weight excluding hydrogens is 340 g/mol. The third-order valence-electron chi connectivity index (χ3n) is 3.70. The lowest BCUT2D eigenvalue weighted by molar-refractivity contribution is -0.388. The Morgan fingerprint density at radius 3 is 2.92 bits per heavy atom. The van der Waals surface area contributed by atoms with E-state index in [1.807, 2.05) is 0 Å². The van der Waals surface area contributed by atoms with E-state index in [-0.39, 0.29) is 17.6 Å². The smallest absolute Gasteiger partial charge is 0.418 e. The van der Waals surface area contributed by atoms with Gasteiger partial charge in [0, 0.05) is 6.92 Å². The normalized spacial score (nSPS) is 20.1. The summed E-state index contributed by atoms with van der Waals surface area (Å²) in [6.45, 7) is 0.599. The summed E-state index contributed by atoms with van der Waals surface area (Å²) in [5, 5.41) is 31.2. The van der Waals surface area contributed by atoms with Crippen LogP contribution in [-0.2, 0) is 21.0 Å². The molecule has 0 saturated carbocycles. The van der Waals surface area contributed by atoms with E-state index in [1.165, 1.54) is 6.92 Å². The van der Waals surface area contributed by atoms with E-state index in [2.05, 4.69) is 15.4 Å². The maximum absolute atomic E-state index is 12.6. The number of nitro groups is 1. The van der Waals surface area contributed by atoms with Gasteiger partial charge in [0.05, 0.1) is 11.2 Å². The quantitative estimate of drug-likeness (QED) is 0.403. The van der Waals surface area contributed by atoms with Crippen molar-refractivity contribution in [3.8, 4) is 0 Å². The largest absolute Gasteiger partial charge is 0.463 e. The molecule has 2 atom stereocenters. The molecule has 1 aliphatic heterocycles. The monoisotopic (exact) mass is 354 g/mol. The van der Waals surface area contributed by atoms with Crippen molar-refractivity contribution >= 4 is 22.8 Å². The summed E-state index contributed by atoms with van der Waals surface area (Å²) in [4.78, 5) is 33.6. The summed E-state index contributed by atoms with van der Waals surface area (Å²) in [6.07, 6.45) is -0.202. The van der Waals surface area contributed by atoms with Crippen LogP contribution in [0.4, 0.5) is 5.82 Å². The molecule has 0 amide bonds. The lowest BCUT2D eigenvalue weighted by Crippen LogP contribution is -2.30. The molecule has 0 aromatic carbocycles.